The zero-order valence-electron chi connectivity index (χ0n) is 13.2. The minimum absolute atomic E-state index is 0.401. The maximum atomic E-state index is 12.2. The Bertz CT molecular complexity index is 631. The highest BCUT2D eigenvalue weighted by atomic mass is 79.9. The number of nitrogens with zero attached hydrogens (tertiary/aromatic N) is 4. The van der Waals surface area contributed by atoms with Gasteiger partial charge in [0, 0.05) is 43.4 Å². The molecule has 1 aromatic heterocycles. The topological polar surface area (TPSA) is 68.8 Å². The van der Waals surface area contributed by atoms with Gasteiger partial charge in [-0.05, 0) is 36.1 Å². The highest BCUT2D eigenvalue weighted by Crippen LogP contribution is 2.31. The lowest BCUT2D eigenvalue weighted by atomic mass is 10.1. The second kappa shape index (κ2) is 6.69. The van der Waals surface area contributed by atoms with Crippen molar-refractivity contribution in [3.05, 3.63) is 16.7 Å². The molecule has 0 bridgehead atoms. The van der Waals surface area contributed by atoms with Crippen LogP contribution in [0.5, 0.6) is 0 Å². The molecule has 0 radical (unpaired) electrons. The standard InChI is InChI=1S/C13H22BrN5O2S/c1-5-18(4)22(20,21)16-12-6-10(14)7-15-13(12)19-8-11(9-19)17(2)3/h6-7,11,16H,5,8-9H2,1-4H3. The number of likely N-dealkylation sites (N-methyl/N-ethyl adjacent to an activating group) is 1. The van der Waals surface area contributed by atoms with Crippen LogP contribution in [-0.2, 0) is 10.2 Å². The smallest absolute Gasteiger partial charge is 0.301 e. The summed E-state index contributed by atoms with van der Waals surface area (Å²) in [4.78, 5) is 8.61. The van der Waals surface area contributed by atoms with Gasteiger partial charge in [0.15, 0.2) is 5.82 Å². The van der Waals surface area contributed by atoms with Gasteiger partial charge in [-0.25, -0.2) is 4.98 Å². The Morgan fingerprint density at radius 3 is 2.59 bits per heavy atom. The molecule has 0 spiro atoms. The molecule has 2 heterocycles. The van der Waals surface area contributed by atoms with E-state index < -0.39 is 10.2 Å². The number of hydrogen-bond donors (Lipinski definition) is 1. The molecule has 124 valence electrons. The third-order valence-electron chi connectivity index (χ3n) is 3.82. The first-order chi connectivity index (χ1) is 10.2. The molecular weight excluding hydrogens is 370 g/mol. The van der Waals surface area contributed by atoms with E-state index in [4.69, 9.17) is 0 Å². The van der Waals surface area contributed by atoms with Crippen molar-refractivity contribution in [1.82, 2.24) is 14.2 Å². The van der Waals surface area contributed by atoms with E-state index in [1.54, 1.807) is 26.2 Å². The number of anilines is 2. The Morgan fingerprint density at radius 1 is 1.41 bits per heavy atom. The third kappa shape index (κ3) is 3.70. The summed E-state index contributed by atoms with van der Waals surface area (Å²) in [6.07, 6.45) is 1.68. The summed E-state index contributed by atoms with van der Waals surface area (Å²) in [5.74, 6) is 0.661. The van der Waals surface area contributed by atoms with E-state index in [1.165, 1.54) is 4.31 Å². The molecule has 7 nitrogen and oxygen atoms in total. The second-order valence-electron chi connectivity index (χ2n) is 5.57. The van der Waals surface area contributed by atoms with Gasteiger partial charge in [0.1, 0.15) is 0 Å². The second-order valence-corrected chi connectivity index (χ2v) is 8.26. The minimum Gasteiger partial charge on any atom is -0.352 e. The maximum absolute atomic E-state index is 12.2. The summed E-state index contributed by atoms with van der Waals surface area (Å²) in [7, 11) is 2.05. The molecule has 2 rings (SSSR count). The van der Waals surface area contributed by atoms with Crippen molar-refractivity contribution in [3.63, 3.8) is 0 Å². The van der Waals surface area contributed by atoms with E-state index >= 15 is 0 Å². The molecule has 1 aliphatic heterocycles. The average Bonchev–Trinajstić information content (AvgIpc) is 2.37. The monoisotopic (exact) mass is 391 g/mol. The van der Waals surface area contributed by atoms with E-state index in [-0.39, 0.29) is 0 Å². The van der Waals surface area contributed by atoms with Crippen molar-refractivity contribution < 1.29 is 8.42 Å². The normalized spacial score (nSPS) is 16.2. The molecule has 0 atom stereocenters. The number of pyridine rings is 1. The van der Waals surface area contributed by atoms with Crippen molar-refractivity contribution in [2.45, 2.75) is 13.0 Å². The molecule has 1 N–H and O–H groups in total. The van der Waals surface area contributed by atoms with Crippen LogP contribution in [0.2, 0.25) is 0 Å². The first-order valence-corrected chi connectivity index (χ1v) is 9.29. The van der Waals surface area contributed by atoms with Crippen molar-refractivity contribution in [1.29, 1.82) is 0 Å². The number of aromatic nitrogens is 1. The number of halogens is 1. The van der Waals surface area contributed by atoms with Gasteiger partial charge in [-0.15, -0.1) is 0 Å². The highest BCUT2D eigenvalue weighted by Gasteiger charge is 2.31. The summed E-state index contributed by atoms with van der Waals surface area (Å²) in [5.41, 5.74) is 0.492. The zero-order chi connectivity index (χ0) is 16.5. The highest BCUT2D eigenvalue weighted by molar-refractivity contribution is 9.10. The Morgan fingerprint density at radius 2 is 2.05 bits per heavy atom. The molecule has 1 fully saturated rings. The van der Waals surface area contributed by atoms with Crippen LogP contribution < -0.4 is 9.62 Å². The van der Waals surface area contributed by atoms with Gasteiger partial charge >= 0.3 is 10.2 Å². The summed E-state index contributed by atoms with van der Waals surface area (Å²) in [6.45, 7) is 3.86. The molecule has 9 heteroatoms. The van der Waals surface area contributed by atoms with Crippen molar-refractivity contribution in [3.8, 4) is 0 Å². The maximum Gasteiger partial charge on any atom is 0.301 e. The first-order valence-electron chi connectivity index (χ1n) is 7.05. The van der Waals surface area contributed by atoms with E-state index in [0.29, 0.717) is 24.1 Å². The average molecular weight is 392 g/mol. The van der Waals surface area contributed by atoms with E-state index in [2.05, 4.69) is 35.4 Å². The zero-order valence-corrected chi connectivity index (χ0v) is 15.6. The van der Waals surface area contributed by atoms with E-state index in [9.17, 15) is 8.42 Å². The Labute approximate surface area is 140 Å². The largest absolute Gasteiger partial charge is 0.352 e. The van der Waals surface area contributed by atoms with Gasteiger partial charge in [0.25, 0.3) is 0 Å². The fourth-order valence-electron chi connectivity index (χ4n) is 2.10. The third-order valence-corrected chi connectivity index (χ3v) is 5.81. The number of rotatable bonds is 6. The molecular formula is C13H22BrN5O2S. The van der Waals surface area contributed by atoms with Crippen molar-refractivity contribution >= 4 is 37.6 Å². The molecule has 1 aliphatic rings. The lowest BCUT2D eigenvalue weighted by Gasteiger charge is -2.44. The van der Waals surface area contributed by atoms with Gasteiger partial charge < -0.3 is 9.80 Å². The molecule has 0 amide bonds. The molecule has 0 saturated carbocycles. The quantitative estimate of drug-likeness (QED) is 0.788. The van der Waals surface area contributed by atoms with Crippen LogP contribution in [-0.4, -0.2) is 69.4 Å². The van der Waals surface area contributed by atoms with E-state index in [1.807, 2.05) is 14.1 Å². The van der Waals surface area contributed by atoms with Crippen LogP contribution in [0, 0.1) is 0 Å². The Hall–Kier alpha value is -0.900. The molecule has 1 saturated heterocycles. The summed E-state index contributed by atoms with van der Waals surface area (Å²) in [6, 6.07) is 2.21. The molecule has 1 aromatic rings. The molecule has 0 aliphatic carbocycles. The first kappa shape index (κ1) is 17.5. The molecule has 0 aromatic carbocycles. The fraction of sp³-hybridized carbons (Fsp3) is 0.615. The predicted octanol–water partition coefficient (Wildman–Crippen LogP) is 1.20. The van der Waals surface area contributed by atoms with Gasteiger partial charge in [0.05, 0.1) is 5.69 Å². The summed E-state index contributed by atoms with van der Waals surface area (Å²) >= 11 is 3.34. The van der Waals surface area contributed by atoms with Crippen LogP contribution in [0.1, 0.15) is 6.92 Å². The van der Waals surface area contributed by atoms with Gasteiger partial charge in [0.2, 0.25) is 0 Å². The molecule has 22 heavy (non-hydrogen) atoms. The van der Waals surface area contributed by atoms with Crippen LogP contribution in [0.3, 0.4) is 0 Å². The van der Waals surface area contributed by atoms with Crippen molar-refractivity contribution in [2.75, 3.05) is 50.4 Å². The predicted molar refractivity (Wildman–Crippen MR) is 92.5 cm³/mol. The van der Waals surface area contributed by atoms with Crippen LogP contribution in [0.25, 0.3) is 0 Å². The molecule has 0 unspecified atom stereocenters. The van der Waals surface area contributed by atoms with Crippen molar-refractivity contribution in [2.24, 2.45) is 0 Å². The fourth-order valence-corrected chi connectivity index (χ4v) is 3.36. The van der Waals surface area contributed by atoms with Gasteiger partial charge in [-0.3, -0.25) is 4.72 Å². The summed E-state index contributed by atoms with van der Waals surface area (Å²) < 4.78 is 29.1. The Balaban J connectivity index is 2.23. The lowest BCUT2D eigenvalue weighted by Crippen LogP contribution is -2.58. The SMILES string of the molecule is CCN(C)S(=O)(=O)Nc1cc(Br)cnc1N1CC(N(C)C)C1. The van der Waals surface area contributed by atoms with Crippen LogP contribution >= 0.6 is 15.9 Å². The van der Waals surface area contributed by atoms with Gasteiger partial charge in [-0.1, -0.05) is 6.92 Å². The number of nitrogens with one attached hydrogen (secondary N) is 1. The van der Waals surface area contributed by atoms with Gasteiger partial charge in [-0.2, -0.15) is 12.7 Å². The van der Waals surface area contributed by atoms with Crippen LogP contribution in [0.4, 0.5) is 11.5 Å². The van der Waals surface area contributed by atoms with E-state index in [0.717, 1.165) is 17.6 Å². The van der Waals surface area contributed by atoms with Crippen LogP contribution in [0.15, 0.2) is 16.7 Å². The Kier molecular flexibility index (Phi) is 5.31. The minimum atomic E-state index is -3.56. The number of hydrogen-bond acceptors (Lipinski definition) is 5. The lowest BCUT2D eigenvalue weighted by molar-refractivity contribution is 0.246. The summed E-state index contributed by atoms with van der Waals surface area (Å²) in [5, 5.41) is 0.